The first-order valence-electron chi connectivity index (χ1n) is 11.7. The van der Waals surface area contributed by atoms with Gasteiger partial charge in [-0.05, 0) is 51.7 Å². The van der Waals surface area contributed by atoms with E-state index >= 15 is 4.39 Å². The van der Waals surface area contributed by atoms with Crippen molar-refractivity contribution in [1.29, 1.82) is 0 Å². The molecule has 3 N–H and O–H groups in total. The molecule has 4 rings (SSSR count). The molecule has 0 saturated carbocycles. The maximum Gasteiger partial charge on any atom is 0.218 e. The fourth-order valence-corrected chi connectivity index (χ4v) is 5.55. The number of β-amino-alcohol motifs (C(OH)–C–C–N with tert-alkyl or cyclic N) is 1. The van der Waals surface area contributed by atoms with Gasteiger partial charge in [-0.15, -0.1) is 11.6 Å². The van der Waals surface area contributed by atoms with Crippen molar-refractivity contribution >= 4 is 46.2 Å². The number of thiol groups is 1. The van der Waals surface area contributed by atoms with E-state index in [1.165, 1.54) is 6.07 Å². The molecule has 2 aliphatic heterocycles. The van der Waals surface area contributed by atoms with Crippen LogP contribution in [-0.4, -0.2) is 78.1 Å². The Morgan fingerprint density at radius 3 is 2.77 bits per heavy atom. The Bertz CT molecular complexity index is 1190. The van der Waals surface area contributed by atoms with E-state index in [0.29, 0.717) is 42.0 Å². The molecule has 1 fully saturated rings. The largest absolute Gasteiger partial charge is 0.390 e. The molecule has 0 spiro atoms. The highest BCUT2D eigenvalue weighted by atomic mass is 35.5. The summed E-state index contributed by atoms with van der Waals surface area (Å²) in [5.74, 6) is 0.228. The van der Waals surface area contributed by atoms with Crippen LogP contribution in [0, 0.1) is 5.82 Å². The van der Waals surface area contributed by atoms with Crippen molar-refractivity contribution in [2.24, 2.45) is 9.98 Å². The zero-order chi connectivity index (χ0) is 25.5. The summed E-state index contributed by atoms with van der Waals surface area (Å²) in [4.78, 5) is 13.3. The highest BCUT2D eigenvalue weighted by molar-refractivity contribution is 7.63. The lowest BCUT2D eigenvalue weighted by Crippen LogP contribution is -2.53. The number of halogens is 2. The minimum absolute atomic E-state index is 0.0246. The van der Waals surface area contributed by atoms with Crippen molar-refractivity contribution in [1.82, 2.24) is 19.2 Å². The normalized spacial score (nSPS) is 24.3. The van der Waals surface area contributed by atoms with Crippen LogP contribution >= 0.6 is 11.6 Å². The van der Waals surface area contributed by atoms with E-state index in [1.807, 2.05) is 11.5 Å². The molecule has 2 aromatic rings. The zero-order valence-electron chi connectivity index (χ0n) is 20.3. The maximum atomic E-state index is 15.3. The first-order chi connectivity index (χ1) is 16.6. The van der Waals surface area contributed by atoms with Gasteiger partial charge in [-0.3, -0.25) is 4.99 Å². The summed E-state index contributed by atoms with van der Waals surface area (Å²) in [7, 11) is 1.58. The molecule has 3 atom stereocenters. The SMILES string of the molecule is C/N=C(\N=C(/CCl)c1cc(F)c2nc(C(C)(C)O)n3c2c1CCC3C)NC1CCN([SH]=O)CC1O. The van der Waals surface area contributed by atoms with E-state index in [2.05, 4.69) is 20.3 Å². The summed E-state index contributed by atoms with van der Waals surface area (Å²) in [5.41, 5.74) is 1.59. The van der Waals surface area contributed by atoms with Gasteiger partial charge < -0.3 is 20.1 Å². The maximum absolute atomic E-state index is 15.3. The van der Waals surface area contributed by atoms with Crippen molar-refractivity contribution in [3.05, 3.63) is 28.8 Å². The molecule has 9 nitrogen and oxygen atoms in total. The molecule has 12 heteroatoms. The van der Waals surface area contributed by atoms with Crippen LogP contribution in [0.2, 0.25) is 0 Å². The van der Waals surface area contributed by atoms with Crippen molar-refractivity contribution in [3.63, 3.8) is 0 Å². The first kappa shape index (κ1) is 26.2. The molecule has 35 heavy (non-hydrogen) atoms. The van der Waals surface area contributed by atoms with E-state index in [9.17, 15) is 14.4 Å². The van der Waals surface area contributed by atoms with E-state index in [4.69, 9.17) is 11.6 Å². The summed E-state index contributed by atoms with van der Waals surface area (Å²) in [6.45, 7) is 6.15. The third kappa shape index (κ3) is 5.01. The molecule has 0 bridgehead atoms. The van der Waals surface area contributed by atoms with Crippen LogP contribution < -0.4 is 5.32 Å². The molecule has 0 radical (unpaired) electrons. The summed E-state index contributed by atoms with van der Waals surface area (Å²) in [5, 5.41) is 24.3. The van der Waals surface area contributed by atoms with Crippen LogP contribution in [0.4, 0.5) is 4.39 Å². The van der Waals surface area contributed by atoms with Crippen LogP contribution in [0.3, 0.4) is 0 Å². The molecule has 192 valence electrons. The minimum Gasteiger partial charge on any atom is -0.390 e. The molecule has 1 saturated heterocycles. The molecule has 3 unspecified atom stereocenters. The third-order valence-corrected chi connectivity index (χ3v) is 7.55. The van der Waals surface area contributed by atoms with Crippen molar-refractivity contribution in [2.75, 3.05) is 26.0 Å². The molecule has 1 aromatic heterocycles. The number of aromatic nitrogens is 2. The summed E-state index contributed by atoms with van der Waals surface area (Å²) < 4.78 is 30.0. The number of guanidine groups is 1. The second-order valence-corrected chi connectivity index (χ2v) is 10.7. The van der Waals surface area contributed by atoms with Gasteiger partial charge in [0.2, 0.25) is 5.96 Å². The number of aliphatic hydroxyl groups excluding tert-OH is 1. The molecule has 0 amide bonds. The topological polar surface area (TPSA) is 115 Å². The van der Waals surface area contributed by atoms with Gasteiger partial charge in [-0.25, -0.2) is 22.9 Å². The predicted molar refractivity (Wildman–Crippen MR) is 137 cm³/mol. The number of benzene rings is 1. The smallest absolute Gasteiger partial charge is 0.218 e. The number of rotatable bonds is 5. The summed E-state index contributed by atoms with van der Waals surface area (Å²) in [6, 6.07) is 1.14. The lowest BCUT2D eigenvalue weighted by molar-refractivity contribution is 0.0634. The number of nitrogens with zero attached hydrogens (tertiary/aromatic N) is 5. The average Bonchev–Trinajstić information content (AvgIpc) is 3.24. The van der Waals surface area contributed by atoms with Crippen molar-refractivity contribution < 1.29 is 18.8 Å². The number of hydrogen-bond donors (Lipinski definition) is 4. The Morgan fingerprint density at radius 2 is 2.17 bits per heavy atom. The minimum atomic E-state index is -1.23. The van der Waals surface area contributed by atoms with Gasteiger partial charge in [0.15, 0.2) is 5.82 Å². The fraction of sp³-hybridized carbons (Fsp3) is 0.609. The highest BCUT2D eigenvalue weighted by Gasteiger charge is 2.33. The number of aliphatic hydroxyl groups is 2. The third-order valence-electron chi connectivity index (χ3n) is 6.70. The van der Waals surface area contributed by atoms with E-state index in [-0.39, 0.29) is 47.8 Å². The predicted octanol–water partition coefficient (Wildman–Crippen LogP) is 1.81. The number of aliphatic imine (C=N–C) groups is 2. The van der Waals surface area contributed by atoms with Crippen LogP contribution in [0.1, 0.15) is 56.6 Å². The van der Waals surface area contributed by atoms with E-state index < -0.39 is 17.5 Å². The van der Waals surface area contributed by atoms with E-state index in [0.717, 1.165) is 12.0 Å². The van der Waals surface area contributed by atoms with Gasteiger partial charge in [-0.2, -0.15) is 0 Å². The molecule has 2 aliphatic rings. The number of hydrogen-bond acceptors (Lipinski definition) is 5. The molecule has 1 aromatic carbocycles. The average molecular weight is 527 g/mol. The molecule has 0 aliphatic carbocycles. The summed E-state index contributed by atoms with van der Waals surface area (Å²) in [6.07, 6.45) is 1.30. The summed E-state index contributed by atoms with van der Waals surface area (Å²) >= 11 is 6.21. The Balaban J connectivity index is 1.75. The van der Waals surface area contributed by atoms with E-state index in [1.54, 1.807) is 25.2 Å². The zero-order valence-corrected chi connectivity index (χ0v) is 21.9. The van der Waals surface area contributed by atoms with Crippen LogP contribution in [0.15, 0.2) is 16.1 Å². The number of piperidine rings is 1. The van der Waals surface area contributed by atoms with Crippen LogP contribution in [0.25, 0.3) is 11.0 Å². The Labute approximate surface area is 212 Å². The highest BCUT2D eigenvalue weighted by Crippen LogP contribution is 2.38. The number of aryl methyl sites for hydroxylation is 1. The molecular formula is C23H32ClFN6O3S. The van der Waals surface area contributed by atoms with Crippen LogP contribution in [-0.2, 0) is 23.9 Å². The van der Waals surface area contributed by atoms with Crippen molar-refractivity contribution in [2.45, 2.75) is 63.8 Å². The number of nitrogens with one attached hydrogen (secondary N) is 1. The Morgan fingerprint density at radius 1 is 1.43 bits per heavy atom. The fourth-order valence-electron chi connectivity index (χ4n) is 4.91. The Kier molecular flexibility index (Phi) is 7.63. The lowest BCUT2D eigenvalue weighted by Gasteiger charge is -2.33. The van der Waals surface area contributed by atoms with Gasteiger partial charge in [0, 0.05) is 31.7 Å². The second-order valence-electron chi connectivity index (χ2n) is 9.67. The lowest BCUT2D eigenvalue weighted by atomic mass is 9.92. The van der Waals surface area contributed by atoms with Crippen LogP contribution in [0.5, 0.6) is 0 Å². The van der Waals surface area contributed by atoms with Gasteiger partial charge in [0.25, 0.3) is 0 Å². The molecule has 3 heterocycles. The standard InChI is InChI=1S/C23H32ClFN6O3S/c1-12-5-6-13-14(9-15(25)19-20(13)31(12)21(29-19)23(2,3)33)17(10-24)28-22(26-4)27-16-7-8-30(35-34)11-18(16)32/h9,12,16,18,32-33,35H,5-8,10-11H2,1-4H3,(H,26,27)/b28-17+. The van der Waals surface area contributed by atoms with Crippen molar-refractivity contribution in [3.8, 4) is 0 Å². The quantitative estimate of drug-likeness (QED) is 0.205. The van der Waals surface area contributed by atoms with Gasteiger partial charge in [0.1, 0.15) is 16.9 Å². The number of imidazole rings is 1. The number of alkyl halides is 1. The first-order valence-corrected chi connectivity index (χ1v) is 13.0. The molecular weight excluding hydrogens is 495 g/mol. The van der Waals surface area contributed by atoms with Gasteiger partial charge in [-0.1, -0.05) is 0 Å². The second kappa shape index (κ2) is 10.2. The Hall–Kier alpha value is -1.92. The van der Waals surface area contributed by atoms with Gasteiger partial charge in [0.05, 0.1) is 41.1 Å². The monoisotopic (exact) mass is 526 g/mol. The van der Waals surface area contributed by atoms with Gasteiger partial charge >= 0.3 is 0 Å².